The van der Waals surface area contributed by atoms with Gasteiger partial charge in [0.05, 0.1) is 19.3 Å². The number of carbonyl (C=O) groups excluding carboxylic acids is 3. The number of nitrogens with two attached hydrogens (primary N) is 1. The molecule has 15 nitrogen and oxygen atoms in total. The van der Waals surface area contributed by atoms with Crippen LogP contribution in [-0.2, 0) is 9.53 Å². The molecule has 3 heterocycles. The maximum atomic E-state index is 12.8. The molecule has 5 N–H and O–H groups in total. The summed E-state index contributed by atoms with van der Waals surface area (Å²) in [7, 11) is 0. The highest BCUT2D eigenvalue weighted by atomic mass is 16.5. The highest BCUT2D eigenvalue weighted by Gasteiger charge is 2.32. The number of carboxylic acid groups (broad SMARTS) is 1. The summed E-state index contributed by atoms with van der Waals surface area (Å²) in [4.78, 5) is 57.2. The van der Waals surface area contributed by atoms with E-state index in [2.05, 4.69) is 25.9 Å². The average Bonchev–Trinajstić information content (AvgIpc) is 2.99. The van der Waals surface area contributed by atoms with Gasteiger partial charge in [-0.3, -0.25) is 19.8 Å². The van der Waals surface area contributed by atoms with Crippen LogP contribution in [0.4, 0.5) is 22.2 Å². The van der Waals surface area contributed by atoms with Crippen molar-refractivity contribution in [1.29, 1.82) is 0 Å². The van der Waals surface area contributed by atoms with Crippen molar-refractivity contribution in [2.45, 2.75) is 45.6 Å². The van der Waals surface area contributed by atoms with Crippen molar-refractivity contribution in [2.24, 2.45) is 11.7 Å². The number of benzene rings is 1. The van der Waals surface area contributed by atoms with Gasteiger partial charge in [0.1, 0.15) is 0 Å². The Morgan fingerprint density at radius 1 is 1.12 bits per heavy atom. The molecule has 226 valence electrons. The molecule has 2 aliphatic heterocycles. The fourth-order valence-corrected chi connectivity index (χ4v) is 4.74. The van der Waals surface area contributed by atoms with Crippen LogP contribution in [0, 0.1) is 5.92 Å². The van der Waals surface area contributed by atoms with Gasteiger partial charge in [0.25, 0.3) is 11.8 Å². The predicted octanol–water partition coefficient (Wildman–Crippen LogP) is 1.60. The van der Waals surface area contributed by atoms with Crippen LogP contribution in [0.15, 0.2) is 24.3 Å². The lowest BCUT2D eigenvalue weighted by molar-refractivity contribution is -0.126. The van der Waals surface area contributed by atoms with Gasteiger partial charge in [0, 0.05) is 43.9 Å². The van der Waals surface area contributed by atoms with Crippen molar-refractivity contribution in [3.63, 3.8) is 0 Å². The van der Waals surface area contributed by atoms with Crippen molar-refractivity contribution in [1.82, 2.24) is 30.5 Å². The lowest BCUT2D eigenvalue weighted by atomic mass is 10.1. The second-order valence-electron chi connectivity index (χ2n) is 10.6. The first kappa shape index (κ1) is 30.4. The number of hydrogen-bond donors (Lipinski definition) is 4. The van der Waals surface area contributed by atoms with E-state index < -0.39 is 18.0 Å². The van der Waals surface area contributed by atoms with E-state index in [0.29, 0.717) is 69.3 Å². The molecule has 1 aromatic heterocycles. The topological polar surface area (TPSA) is 196 Å². The van der Waals surface area contributed by atoms with Crippen molar-refractivity contribution in [3.8, 4) is 0 Å². The number of primary amides is 1. The van der Waals surface area contributed by atoms with E-state index in [0.717, 1.165) is 5.01 Å². The highest BCUT2D eigenvalue weighted by Crippen LogP contribution is 2.24. The Bertz CT molecular complexity index is 1280. The molecule has 4 rings (SSSR count). The number of carbonyl (C=O) groups is 4. The molecule has 0 bridgehead atoms. The van der Waals surface area contributed by atoms with E-state index in [-0.39, 0.29) is 42.2 Å². The minimum absolute atomic E-state index is 0.0685. The summed E-state index contributed by atoms with van der Waals surface area (Å²) in [5.41, 5.74) is 8.92. The summed E-state index contributed by atoms with van der Waals surface area (Å²) in [6, 6.07) is 6.16. The van der Waals surface area contributed by atoms with E-state index in [1.54, 1.807) is 34.1 Å². The van der Waals surface area contributed by atoms with E-state index in [4.69, 9.17) is 10.5 Å². The van der Waals surface area contributed by atoms with E-state index in [1.807, 2.05) is 13.8 Å². The lowest BCUT2D eigenvalue weighted by Gasteiger charge is -2.37. The Hall–Kier alpha value is -4.53. The Morgan fingerprint density at radius 3 is 2.48 bits per heavy atom. The molecule has 4 amide bonds. The lowest BCUT2D eigenvalue weighted by Crippen LogP contribution is -2.57. The monoisotopic (exact) mass is 583 g/mol. The van der Waals surface area contributed by atoms with Crippen LogP contribution >= 0.6 is 0 Å². The zero-order chi connectivity index (χ0) is 30.2. The van der Waals surface area contributed by atoms with E-state index >= 15 is 0 Å². The van der Waals surface area contributed by atoms with Crippen LogP contribution in [0.2, 0.25) is 0 Å². The van der Waals surface area contributed by atoms with Crippen LogP contribution in [0.5, 0.6) is 0 Å². The van der Waals surface area contributed by atoms with E-state index in [9.17, 15) is 24.3 Å². The van der Waals surface area contributed by atoms with Crippen LogP contribution in [0.25, 0.3) is 0 Å². The van der Waals surface area contributed by atoms with Gasteiger partial charge < -0.3 is 30.7 Å². The molecule has 1 aromatic carbocycles. The summed E-state index contributed by atoms with van der Waals surface area (Å²) in [5.74, 6) is -0.746. The highest BCUT2D eigenvalue weighted by molar-refractivity contribution is 5.97. The van der Waals surface area contributed by atoms with Crippen molar-refractivity contribution in [3.05, 3.63) is 35.5 Å². The first-order valence-electron chi connectivity index (χ1n) is 14.0. The van der Waals surface area contributed by atoms with Gasteiger partial charge in [-0.2, -0.15) is 4.98 Å². The molecule has 42 heavy (non-hydrogen) atoms. The minimum Gasteiger partial charge on any atom is -0.464 e. The number of amides is 4. The third-order valence-electron chi connectivity index (χ3n) is 7.05. The van der Waals surface area contributed by atoms with Gasteiger partial charge in [-0.25, -0.2) is 9.80 Å². The standard InChI is InChI=1S/C27H37N9O6/c1-17(2)5-10-21(37)33-36(27(40)41)20-4-3-11-35(16-20)26-30-24(22(23(28)38)31-32-26)29-19-8-6-18(7-9-19)25(39)34-12-14-42-15-13-34/h6-9,17,20H,3-5,10-16H2,1-2H3,(H2,28,38)(H,33,37)(H,40,41)(H,29,30,32)/t20-/m1/s1. The van der Waals surface area contributed by atoms with Crippen molar-refractivity contribution < 1.29 is 29.0 Å². The number of hydrogen-bond acceptors (Lipinski definition) is 10. The number of anilines is 3. The molecule has 0 aliphatic carbocycles. The Morgan fingerprint density at radius 2 is 1.83 bits per heavy atom. The Kier molecular flexibility index (Phi) is 10.1. The molecule has 0 spiro atoms. The summed E-state index contributed by atoms with van der Waals surface area (Å²) >= 11 is 0. The van der Waals surface area contributed by atoms with Crippen LogP contribution in [-0.4, -0.2) is 99.4 Å². The number of morpholine rings is 1. The molecule has 0 radical (unpaired) electrons. The fraction of sp³-hybridized carbons (Fsp3) is 0.519. The molecule has 2 fully saturated rings. The largest absolute Gasteiger partial charge is 0.464 e. The smallest absolute Gasteiger partial charge is 0.426 e. The fourth-order valence-electron chi connectivity index (χ4n) is 4.74. The molecule has 0 unspecified atom stereocenters. The van der Waals surface area contributed by atoms with Crippen LogP contribution in [0.3, 0.4) is 0 Å². The first-order valence-corrected chi connectivity index (χ1v) is 14.0. The molecular formula is C27H37N9O6. The predicted molar refractivity (Wildman–Crippen MR) is 152 cm³/mol. The molecule has 2 saturated heterocycles. The molecule has 1 atom stereocenters. The zero-order valence-corrected chi connectivity index (χ0v) is 23.8. The van der Waals surface area contributed by atoms with Gasteiger partial charge in [-0.15, -0.1) is 10.2 Å². The van der Waals surface area contributed by atoms with Crippen LogP contribution in [0.1, 0.15) is 60.4 Å². The first-order chi connectivity index (χ1) is 20.1. The number of piperidine rings is 1. The second kappa shape index (κ2) is 13.9. The number of hydrazine groups is 1. The number of rotatable bonds is 9. The molecule has 2 aromatic rings. The van der Waals surface area contributed by atoms with Gasteiger partial charge in [-0.1, -0.05) is 13.8 Å². The molecule has 0 saturated carbocycles. The maximum absolute atomic E-state index is 12.8. The Balaban J connectivity index is 1.48. The summed E-state index contributed by atoms with van der Waals surface area (Å²) in [6.07, 6.45) is 0.738. The van der Waals surface area contributed by atoms with Gasteiger partial charge in [0.2, 0.25) is 11.9 Å². The minimum atomic E-state index is -1.26. The maximum Gasteiger partial charge on any atom is 0.426 e. The second-order valence-corrected chi connectivity index (χ2v) is 10.6. The number of ether oxygens (including phenoxy) is 1. The van der Waals surface area contributed by atoms with Gasteiger partial charge in [-0.05, 0) is 49.4 Å². The third kappa shape index (κ3) is 7.81. The normalized spacial score (nSPS) is 17.1. The Labute approximate surface area is 243 Å². The number of nitrogens with zero attached hydrogens (tertiary/aromatic N) is 6. The summed E-state index contributed by atoms with van der Waals surface area (Å²) in [6.45, 7) is 6.76. The zero-order valence-electron chi connectivity index (χ0n) is 23.8. The SMILES string of the molecule is CC(C)CCC(=O)NN(C(=O)O)[C@@H]1CCCN(c2nnc(C(N)=O)c(Nc3ccc(C(=O)N4CCOCC4)cc3)n2)C1. The van der Waals surface area contributed by atoms with Crippen LogP contribution < -0.4 is 21.4 Å². The molecule has 2 aliphatic rings. The van der Waals surface area contributed by atoms with Crippen molar-refractivity contribution >= 4 is 41.3 Å². The quantitative estimate of drug-likeness (QED) is 0.313. The third-order valence-corrected chi connectivity index (χ3v) is 7.05. The molecule has 15 heteroatoms. The summed E-state index contributed by atoms with van der Waals surface area (Å²) < 4.78 is 5.31. The van der Waals surface area contributed by atoms with E-state index in [1.165, 1.54) is 0 Å². The van der Waals surface area contributed by atoms with Crippen molar-refractivity contribution in [2.75, 3.05) is 49.6 Å². The average molecular weight is 584 g/mol. The van der Waals surface area contributed by atoms with Gasteiger partial charge >= 0.3 is 6.09 Å². The number of aromatic nitrogens is 3. The number of nitrogens with one attached hydrogen (secondary N) is 2. The molecular weight excluding hydrogens is 546 g/mol. The van der Waals surface area contributed by atoms with Gasteiger partial charge in [0.15, 0.2) is 11.5 Å². The summed E-state index contributed by atoms with van der Waals surface area (Å²) in [5, 5.41) is 21.8.